The molecule has 2 aliphatic heterocycles. The number of anilines is 1. The lowest BCUT2D eigenvalue weighted by molar-refractivity contribution is 0.0531. The lowest BCUT2D eigenvalue weighted by atomic mass is 9.89. The Morgan fingerprint density at radius 1 is 1.07 bits per heavy atom. The molecule has 0 amide bonds. The van der Waals surface area contributed by atoms with Crippen LogP contribution in [0.25, 0.3) is 5.69 Å². The normalized spacial score (nSPS) is 21.0. The third-order valence-corrected chi connectivity index (χ3v) is 6.47. The number of rotatable bonds is 3. The van der Waals surface area contributed by atoms with Gasteiger partial charge in [0.1, 0.15) is 5.02 Å². The Morgan fingerprint density at radius 3 is 2.52 bits per heavy atom. The molecule has 0 saturated carbocycles. The van der Waals surface area contributed by atoms with Crippen LogP contribution in [0.4, 0.5) is 5.69 Å². The van der Waals surface area contributed by atoms with E-state index in [4.69, 9.17) is 39.5 Å². The molecule has 5 nitrogen and oxygen atoms in total. The monoisotopic (exact) mass is 427 g/mol. The van der Waals surface area contributed by atoms with E-state index in [0.717, 1.165) is 38.2 Å². The lowest BCUT2D eigenvalue weighted by Crippen LogP contribution is -2.37. The highest BCUT2D eigenvalue weighted by Gasteiger charge is 2.30. The average Bonchev–Trinajstić information content (AvgIpc) is 3.21. The third-order valence-electron chi connectivity index (χ3n) is 5.42. The van der Waals surface area contributed by atoms with Gasteiger partial charge in [-0.15, -0.1) is 0 Å². The number of nitrogens with zero attached hydrogens (tertiary/aromatic N) is 3. The molecule has 1 unspecified atom stereocenters. The summed E-state index contributed by atoms with van der Waals surface area (Å²) in [6, 6.07) is 5.49. The van der Waals surface area contributed by atoms with Crippen LogP contribution >= 0.6 is 34.8 Å². The number of ether oxygens (including phenoxy) is 1. The zero-order valence-electron chi connectivity index (χ0n) is 14.7. The summed E-state index contributed by atoms with van der Waals surface area (Å²) >= 11 is 18.3. The van der Waals surface area contributed by atoms with Crippen LogP contribution in [0.1, 0.15) is 25.7 Å². The molecule has 1 aromatic heterocycles. The van der Waals surface area contributed by atoms with E-state index >= 15 is 0 Å². The van der Waals surface area contributed by atoms with Gasteiger partial charge < -0.3 is 9.64 Å². The van der Waals surface area contributed by atoms with E-state index in [1.165, 1.54) is 23.7 Å². The second-order valence-electron chi connectivity index (χ2n) is 7.04. The van der Waals surface area contributed by atoms with Crippen molar-refractivity contribution >= 4 is 40.5 Å². The zero-order valence-corrected chi connectivity index (χ0v) is 17.0. The van der Waals surface area contributed by atoms with Crippen molar-refractivity contribution in [3.05, 3.63) is 49.8 Å². The van der Waals surface area contributed by atoms with Gasteiger partial charge in [0.05, 0.1) is 33.7 Å². The van der Waals surface area contributed by atoms with E-state index < -0.39 is 5.56 Å². The minimum atomic E-state index is -0.467. The summed E-state index contributed by atoms with van der Waals surface area (Å²) in [7, 11) is 0. The van der Waals surface area contributed by atoms with E-state index in [2.05, 4.69) is 10.00 Å². The molecule has 27 heavy (non-hydrogen) atoms. The number of benzene rings is 1. The van der Waals surface area contributed by atoms with Gasteiger partial charge in [-0.1, -0.05) is 34.8 Å². The molecule has 8 heteroatoms. The number of halogens is 3. The van der Waals surface area contributed by atoms with Crippen LogP contribution < -0.4 is 10.5 Å². The van der Waals surface area contributed by atoms with Gasteiger partial charge in [-0.3, -0.25) is 4.79 Å². The van der Waals surface area contributed by atoms with E-state index in [1.807, 2.05) is 12.1 Å². The van der Waals surface area contributed by atoms with Gasteiger partial charge in [0, 0.05) is 19.7 Å². The first kappa shape index (κ1) is 19.1. The fourth-order valence-corrected chi connectivity index (χ4v) is 4.51. The number of hydrogen-bond acceptors (Lipinski definition) is 4. The Hall–Kier alpha value is -1.27. The van der Waals surface area contributed by atoms with Crippen LogP contribution in [0, 0.1) is 5.92 Å². The highest BCUT2D eigenvalue weighted by molar-refractivity contribution is 6.41. The quantitative estimate of drug-likeness (QED) is 0.717. The molecule has 4 rings (SSSR count). The Balaban J connectivity index is 1.51. The third kappa shape index (κ3) is 3.83. The molecule has 3 heterocycles. The summed E-state index contributed by atoms with van der Waals surface area (Å²) in [4.78, 5) is 14.6. The molecule has 1 aromatic carbocycles. The van der Waals surface area contributed by atoms with Crippen LogP contribution in [0.2, 0.25) is 15.1 Å². The van der Waals surface area contributed by atoms with Crippen molar-refractivity contribution in [2.24, 2.45) is 5.92 Å². The lowest BCUT2D eigenvalue weighted by Gasteiger charge is -2.36. The standard InChI is InChI=1S/C19H20Cl3N3O2/c20-14-10-13(25-19(26)18(22)15(21)11-23-25)3-4-16(14)24-7-5-12(6-8-24)17-2-1-9-27-17/h3-4,10-12,17H,1-2,5-9H2. The fraction of sp³-hybridized carbons (Fsp3) is 0.474. The van der Waals surface area contributed by atoms with Crippen molar-refractivity contribution in [2.45, 2.75) is 31.8 Å². The molecule has 2 saturated heterocycles. The van der Waals surface area contributed by atoms with E-state index in [0.29, 0.717) is 22.7 Å². The summed E-state index contributed by atoms with van der Waals surface area (Å²) in [5.74, 6) is 0.640. The maximum atomic E-state index is 12.3. The molecule has 0 aliphatic carbocycles. The van der Waals surface area contributed by atoms with Crippen LogP contribution in [0.15, 0.2) is 29.2 Å². The Labute approximate surface area is 172 Å². The molecule has 0 radical (unpaired) electrons. The highest BCUT2D eigenvalue weighted by Crippen LogP contribution is 2.34. The smallest absolute Gasteiger partial charge is 0.291 e. The Kier molecular flexibility index (Phi) is 5.65. The van der Waals surface area contributed by atoms with Gasteiger partial charge in [0.25, 0.3) is 5.56 Å². The number of aromatic nitrogens is 2. The van der Waals surface area contributed by atoms with Crippen molar-refractivity contribution in [1.29, 1.82) is 0 Å². The van der Waals surface area contributed by atoms with Gasteiger partial charge in [0.15, 0.2) is 0 Å². The molecule has 2 aromatic rings. The molecule has 0 N–H and O–H groups in total. The van der Waals surface area contributed by atoms with Crippen LogP contribution in [-0.4, -0.2) is 35.6 Å². The Bertz CT molecular complexity index is 888. The predicted molar refractivity (Wildman–Crippen MR) is 109 cm³/mol. The maximum Gasteiger partial charge on any atom is 0.291 e. The molecule has 144 valence electrons. The highest BCUT2D eigenvalue weighted by atomic mass is 35.5. The van der Waals surface area contributed by atoms with Crippen molar-refractivity contribution in [1.82, 2.24) is 9.78 Å². The van der Waals surface area contributed by atoms with E-state index in [9.17, 15) is 4.79 Å². The minimum Gasteiger partial charge on any atom is -0.378 e. The first-order chi connectivity index (χ1) is 13.0. The summed E-state index contributed by atoms with van der Waals surface area (Å²) in [5, 5.41) is 4.72. The molecule has 0 bridgehead atoms. The van der Waals surface area contributed by atoms with Crippen LogP contribution in [-0.2, 0) is 4.74 Å². The molecule has 2 fully saturated rings. The van der Waals surface area contributed by atoms with Crippen molar-refractivity contribution < 1.29 is 4.74 Å². The van der Waals surface area contributed by atoms with Crippen molar-refractivity contribution in [3.8, 4) is 5.69 Å². The van der Waals surface area contributed by atoms with Crippen LogP contribution in [0.3, 0.4) is 0 Å². The minimum absolute atomic E-state index is 0.0527. The molecular weight excluding hydrogens is 409 g/mol. The summed E-state index contributed by atoms with van der Waals surface area (Å²) in [6.45, 7) is 2.81. The van der Waals surface area contributed by atoms with Gasteiger partial charge >= 0.3 is 0 Å². The van der Waals surface area contributed by atoms with Gasteiger partial charge in [-0.05, 0) is 49.8 Å². The number of piperidine rings is 1. The van der Waals surface area contributed by atoms with E-state index in [-0.39, 0.29) is 10.0 Å². The maximum absolute atomic E-state index is 12.3. The summed E-state index contributed by atoms with van der Waals surface area (Å²) in [6.07, 6.45) is 6.36. The first-order valence-corrected chi connectivity index (χ1v) is 10.3. The van der Waals surface area contributed by atoms with Crippen LogP contribution in [0.5, 0.6) is 0 Å². The molecular formula is C19H20Cl3N3O2. The fourth-order valence-electron chi connectivity index (χ4n) is 3.97. The number of hydrogen-bond donors (Lipinski definition) is 0. The van der Waals surface area contributed by atoms with Gasteiger partial charge in [-0.2, -0.15) is 9.78 Å². The first-order valence-electron chi connectivity index (χ1n) is 9.14. The molecule has 2 aliphatic rings. The SMILES string of the molecule is O=c1c(Cl)c(Cl)cnn1-c1ccc(N2CCC(C3CCCO3)CC2)c(Cl)c1. The second-order valence-corrected chi connectivity index (χ2v) is 8.23. The zero-order chi connectivity index (χ0) is 19.0. The predicted octanol–water partition coefficient (Wildman–Crippen LogP) is 4.59. The topological polar surface area (TPSA) is 47.4 Å². The summed E-state index contributed by atoms with van der Waals surface area (Å²) in [5.41, 5.74) is 1.06. The largest absolute Gasteiger partial charge is 0.378 e. The van der Waals surface area contributed by atoms with E-state index in [1.54, 1.807) is 6.07 Å². The Morgan fingerprint density at radius 2 is 1.85 bits per heavy atom. The molecule has 1 atom stereocenters. The van der Waals surface area contributed by atoms with Crippen molar-refractivity contribution in [3.63, 3.8) is 0 Å². The van der Waals surface area contributed by atoms with Gasteiger partial charge in [-0.25, -0.2) is 0 Å². The van der Waals surface area contributed by atoms with Gasteiger partial charge in [0.2, 0.25) is 0 Å². The summed E-state index contributed by atoms with van der Waals surface area (Å²) < 4.78 is 7.05. The van der Waals surface area contributed by atoms with Crippen molar-refractivity contribution in [2.75, 3.05) is 24.6 Å². The average molecular weight is 429 g/mol. The molecule has 0 spiro atoms. The second kappa shape index (κ2) is 8.00.